The first-order chi connectivity index (χ1) is 12.0. The summed E-state index contributed by atoms with van der Waals surface area (Å²) in [6.45, 7) is 0.543. The van der Waals surface area contributed by atoms with Gasteiger partial charge in [0.1, 0.15) is 5.75 Å². The van der Waals surface area contributed by atoms with E-state index in [1.165, 1.54) is 11.8 Å². The van der Waals surface area contributed by atoms with Crippen LogP contribution >= 0.6 is 23.4 Å². The van der Waals surface area contributed by atoms with Crippen LogP contribution in [-0.4, -0.2) is 44.3 Å². The van der Waals surface area contributed by atoms with Gasteiger partial charge in [0.05, 0.1) is 23.9 Å². The fourth-order valence-corrected chi connectivity index (χ4v) is 3.46. The SMILES string of the molecule is COc1ccc([C@@H](CNC(=O)CSc2ccccc2Cl)N(C)C)cc1. The zero-order chi connectivity index (χ0) is 18.2. The Morgan fingerprint density at radius 3 is 2.48 bits per heavy atom. The summed E-state index contributed by atoms with van der Waals surface area (Å²) in [7, 11) is 5.65. The maximum Gasteiger partial charge on any atom is 0.230 e. The summed E-state index contributed by atoms with van der Waals surface area (Å²) in [6.07, 6.45) is 0. The highest BCUT2D eigenvalue weighted by Gasteiger charge is 2.15. The average Bonchev–Trinajstić information content (AvgIpc) is 2.61. The molecule has 1 N–H and O–H groups in total. The van der Waals surface area contributed by atoms with Gasteiger partial charge < -0.3 is 15.0 Å². The third kappa shape index (κ3) is 5.96. The molecule has 0 saturated carbocycles. The first-order valence-corrected chi connectivity index (χ1v) is 9.32. The Morgan fingerprint density at radius 2 is 1.88 bits per heavy atom. The minimum atomic E-state index is -0.00900. The highest BCUT2D eigenvalue weighted by molar-refractivity contribution is 8.00. The maximum absolute atomic E-state index is 12.2. The van der Waals surface area contributed by atoms with Crippen molar-refractivity contribution in [2.24, 2.45) is 0 Å². The van der Waals surface area contributed by atoms with Gasteiger partial charge in [0, 0.05) is 11.4 Å². The van der Waals surface area contributed by atoms with E-state index in [1.54, 1.807) is 7.11 Å². The molecule has 4 nitrogen and oxygen atoms in total. The van der Waals surface area contributed by atoms with Crippen molar-refractivity contribution in [3.05, 3.63) is 59.1 Å². The Balaban J connectivity index is 1.89. The van der Waals surface area contributed by atoms with E-state index in [0.29, 0.717) is 17.3 Å². The summed E-state index contributed by atoms with van der Waals surface area (Å²) in [6, 6.07) is 15.5. The number of halogens is 1. The Kier molecular flexibility index (Phi) is 7.62. The molecule has 0 unspecified atom stereocenters. The molecule has 25 heavy (non-hydrogen) atoms. The van der Waals surface area contributed by atoms with E-state index in [9.17, 15) is 4.79 Å². The third-order valence-electron chi connectivity index (χ3n) is 3.81. The van der Waals surface area contributed by atoms with Crippen LogP contribution in [0.5, 0.6) is 5.75 Å². The van der Waals surface area contributed by atoms with Gasteiger partial charge in [0.2, 0.25) is 5.91 Å². The molecule has 0 aliphatic rings. The van der Waals surface area contributed by atoms with Gasteiger partial charge in [-0.2, -0.15) is 0 Å². The molecule has 0 heterocycles. The number of hydrogen-bond acceptors (Lipinski definition) is 4. The summed E-state index contributed by atoms with van der Waals surface area (Å²) in [5, 5.41) is 3.68. The van der Waals surface area contributed by atoms with Crippen molar-refractivity contribution in [3.8, 4) is 5.75 Å². The number of nitrogens with zero attached hydrogens (tertiary/aromatic N) is 1. The molecule has 134 valence electrons. The standard InChI is InChI=1S/C19H23ClN2O2S/c1-22(2)17(14-8-10-15(24-3)11-9-14)12-21-19(23)13-25-18-7-5-4-6-16(18)20/h4-11,17H,12-13H2,1-3H3,(H,21,23)/t17-/m1/s1. The van der Waals surface area contributed by atoms with Crippen molar-refractivity contribution in [2.45, 2.75) is 10.9 Å². The Morgan fingerprint density at radius 1 is 1.20 bits per heavy atom. The zero-order valence-corrected chi connectivity index (χ0v) is 16.2. The molecular formula is C19H23ClN2O2S. The molecule has 2 rings (SSSR count). The van der Waals surface area contributed by atoms with Gasteiger partial charge in [0.15, 0.2) is 0 Å². The lowest BCUT2D eigenvalue weighted by Crippen LogP contribution is -2.35. The molecule has 0 saturated heterocycles. The van der Waals surface area contributed by atoms with Gasteiger partial charge >= 0.3 is 0 Å². The maximum atomic E-state index is 12.2. The number of hydrogen-bond donors (Lipinski definition) is 1. The molecule has 6 heteroatoms. The second-order valence-electron chi connectivity index (χ2n) is 5.78. The van der Waals surface area contributed by atoms with E-state index < -0.39 is 0 Å². The molecule has 0 aliphatic carbocycles. The van der Waals surface area contributed by atoms with Crippen molar-refractivity contribution in [1.82, 2.24) is 10.2 Å². The first kappa shape index (κ1) is 19.6. The number of methoxy groups -OCH3 is 1. The predicted octanol–water partition coefficient (Wildman–Crippen LogP) is 3.86. The van der Waals surface area contributed by atoms with Gasteiger partial charge in [-0.05, 0) is 43.9 Å². The molecule has 0 aliphatic heterocycles. The number of amides is 1. The van der Waals surface area contributed by atoms with Crippen molar-refractivity contribution < 1.29 is 9.53 Å². The Bertz CT molecular complexity index is 692. The van der Waals surface area contributed by atoms with Crippen molar-refractivity contribution in [2.75, 3.05) is 33.5 Å². The number of likely N-dealkylation sites (N-methyl/N-ethyl adjacent to an activating group) is 1. The molecule has 0 bridgehead atoms. The highest BCUT2D eigenvalue weighted by Crippen LogP contribution is 2.26. The van der Waals surface area contributed by atoms with Crippen LogP contribution in [0.15, 0.2) is 53.4 Å². The molecule has 2 aromatic carbocycles. The largest absolute Gasteiger partial charge is 0.497 e. The Hall–Kier alpha value is -1.69. The fraction of sp³-hybridized carbons (Fsp3) is 0.316. The summed E-state index contributed by atoms with van der Waals surface area (Å²) in [5.74, 6) is 1.15. The average molecular weight is 379 g/mol. The lowest BCUT2D eigenvalue weighted by Gasteiger charge is -2.25. The van der Waals surface area contributed by atoms with E-state index in [4.69, 9.17) is 16.3 Å². The summed E-state index contributed by atoms with van der Waals surface area (Å²) < 4.78 is 5.19. The zero-order valence-electron chi connectivity index (χ0n) is 14.7. The topological polar surface area (TPSA) is 41.6 Å². The van der Waals surface area contributed by atoms with E-state index in [2.05, 4.69) is 10.2 Å². The highest BCUT2D eigenvalue weighted by atomic mass is 35.5. The van der Waals surface area contributed by atoms with Crippen molar-refractivity contribution in [1.29, 1.82) is 0 Å². The number of nitrogens with one attached hydrogen (secondary N) is 1. The molecule has 2 aromatic rings. The van der Waals surface area contributed by atoms with Crippen molar-refractivity contribution >= 4 is 29.3 Å². The van der Waals surface area contributed by atoms with Crippen LogP contribution in [0.3, 0.4) is 0 Å². The van der Waals surface area contributed by atoms with Crippen LogP contribution in [0.2, 0.25) is 5.02 Å². The van der Waals surface area contributed by atoms with Gasteiger partial charge in [-0.15, -0.1) is 11.8 Å². The lowest BCUT2D eigenvalue weighted by atomic mass is 10.1. The number of thioether (sulfide) groups is 1. The first-order valence-electron chi connectivity index (χ1n) is 7.95. The summed E-state index contributed by atoms with van der Waals surface area (Å²) in [4.78, 5) is 15.2. The number of carbonyl (C=O) groups is 1. The summed E-state index contributed by atoms with van der Waals surface area (Å²) >= 11 is 7.55. The van der Waals surface area contributed by atoms with Crippen molar-refractivity contribution in [3.63, 3.8) is 0 Å². The number of ether oxygens (including phenoxy) is 1. The van der Waals surface area contributed by atoms with Crippen LogP contribution in [0.25, 0.3) is 0 Å². The molecule has 0 fully saturated rings. The molecule has 1 amide bonds. The summed E-state index contributed by atoms with van der Waals surface area (Å²) in [5.41, 5.74) is 1.13. The number of carbonyl (C=O) groups excluding carboxylic acids is 1. The fourth-order valence-electron chi connectivity index (χ4n) is 2.39. The monoisotopic (exact) mass is 378 g/mol. The van der Waals surface area contributed by atoms with Crippen LogP contribution in [0.1, 0.15) is 11.6 Å². The van der Waals surface area contributed by atoms with Gasteiger partial charge in [-0.1, -0.05) is 35.9 Å². The molecule has 0 aromatic heterocycles. The predicted molar refractivity (Wildman–Crippen MR) is 105 cm³/mol. The van der Waals surface area contributed by atoms with Crippen LogP contribution < -0.4 is 10.1 Å². The van der Waals surface area contributed by atoms with E-state index >= 15 is 0 Å². The van der Waals surface area contributed by atoms with E-state index in [-0.39, 0.29) is 11.9 Å². The second kappa shape index (κ2) is 9.70. The molecule has 1 atom stereocenters. The second-order valence-corrected chi connectivity index (χ2v) is 7.20. The minimum Gasteiger partial charge on any atom is -0.497 e. The van der Waals surface area contributed by atoms with Crippen LogP contribution in [0.4, 0.5) is 0 Å². The molecular weight excluding hydrogens is 356 g/mol. The quantitative estimate of drug-likeness (QED) is 0.708. The lowest BCUT2D eigenvalue weighted by molar-refractivity contribution is -0.118. The Labute approximate surface area is 158 Å². The van der Waals surface area contributed by atoms with Crippen LogP contribution in [-0.2, 0) is 4.79 Å². The van der Waals surface area contributed by atoms with Gasteiger partial charge in [-0.25, -0.2) is 0 Å². The van der Waals surface area contributed by atoms with E-state index in [1.807, 2.05) is 62.6 Å². The number of benzene rings is 2. The molecule has 0 radical (unpaired) electrons. The third-order valence-corrected chi connectivity index (χ3v) is 5.33. The minimum absolute atomic E-state index is 0.00900. The number of rotatable bonds is 8. The van der Waals surface area contributed by atoms with Gasteiger partial charge in [0.25, 0.3) is 0 Å². The smallest absolute Gasteiger partial charge is 0.230 e. The molecule has 0 spiro atoms. The van der Waals surface area contributed by atoms with Gasteiger partial charge in [-0.3, -0.25) is 4.79 Å². The normalized spacial score (nSPS) is 12.0. The van der Waals surface area contributed by atoms with E-state index in [0.717, 1.165) is 16.2 Å². The van der Waals surface area contributed by atoms with Crippen LogP contribution in [0, 0.1) is 0 Å².